The average molecular weight is 403 g/mol. The third-order valence-electron chi connectivity index (χ3n) is 3.04. The van der Waals surface area contributed by atoms with E-state index >= 15 is 0 Å². The standard InChI is InChI=1S/C14H13Br2NOS/c1-9(10-6-4-3-5-7-10)17(2)14(18)12-8-11(15)13(16)19-12/h3-9H,1-2H3/t9-/m0/s1. The lowest BCUT2D eigenvalue weighted by molar-refractivity contribution is 0.0747. The van der Waals surface area contributed by atoms with Crippen molar-refractivity contribution in [1.82, 2.24) is 4.90 Å². The highest BCUT2D eigenvalue weighted by atomic mass is 79.9. The molecule has 1 aromatic carbocycles. The molecule has 1 aromatic heterocycles. The van der Waals surface area contributed by atoms with Gasteiger partial charge in [0.15, 0.2) is 0 Å². The molecule has 0 saturated carbocycles. The lowest BCUT2D eigenvalue weighted by Gasteiger charge is -2.24. The monoisotopic (exact) mass is 401 g/mol. The Balaban J connectivity index is 2.19. The van der Waals surface area contributed by atoms with Gasteiger partial charge in [0.2, 0.25) is 0 Å². The fourth-order valence-electron chi connectivity index (χ4n) is 1.76. The van der Waals surface area contributed by atoms with Crippen molar-refractivity contribution in [3.63, 3.8) is 0 Å². The minimum Gasteiger partial charge on any atom is -0.334 e. The molecular formula is C14H13Br2NOS. The number of rotatable bonds is 3. The third-order valence-corrected chi connectivity index (χ3v) is 6.28. The van der Waals surface area contributed by atoms with Crippen molar-refractivity contribution < 1.29 is 4.79 Å². The molecule has 0 aliphatic rings. The van der Waals surface area contributed by atoms with E-state index in [1.54, 1.807) is 4.90 Å². The Labute approximate surface area is 133 Å². The van der Waals surface area contributed by atoms with Gasteiger partial charge < -0.3 is 4.90 Å². The summed E-state index contributed by atoms with van der Waals surface area (Å²) in [4.78, 5) is 14.9. The topological polar surface area (TPSA) is 20.3 Å². The summed E-state index contributed by atoms with van der Waals surface area (Å²) in [6, 6.07) is 11.9. The Kier molecular flexibility index (Phi) is 4.81. The van der Waals surface area contributed by atoms with Gasteiger partial charge in [0, 0.05) is 11.5 Å². The SMILES string of the molecule is C[C@@H](c1ccccc1)N(C)C(=O)c1cc(Br)c(Br)s1. The maximum absolute atomic E-state index is 12.4. The predicted molar refractivity (Wildman–Crippen MR) is 86.7 cm³/mol. The van der Waals surface area contributed by atoms with Gasteiger partial charge >= 0.3 is 0 Å². The summed E-state index contributed by atoms with van der Waals surface area (Å²) in [5.74, 6) is 0.0350. The van der Waals surface area contributed by atoms with E-state index in [9.17, 15) is 4.79 Å². The van der Waals surface area contributed by atoms with E-state index in [1.165, 1.54) is 11.3 Å². The van der Waals surface area contributed by atoms with E-state index < -0.39 is 0 Å². The van der Waals surface area contributed by atoms with Crippen molar-refractivity contribution >= 4 is 49.1 Å². The zero-order chi connectivity index (χ0) is 14.0. The minimum atomic E-state index is 0.0350. The van der Waals surface area contributed by atoms with E-state index in [-0.39, 0.29) is 11.9 Å². The van der Waals surface area contributed by atoms with Gasteiger partial charge in [0.1, 0.15) is 0 Å². The van der Waals surface area contributed by atoms with Crippen LogP contribution in [0.15, 0.2) is 44.7 Å². The van der Waals surface area contributed by atoms with Gasteiger partial charge in [0.25, 0.3) is 5.91 Å². The smallest absolute Gasteiger partial charge is 0.264 e. The zero-order valence-corrected chi connectivity index (χ0v) is 14.5. The number of benzene rings is 1. The number of carbonyl (C=O) groups excluding carboxylic acids is 1. The third kappa shape index (κ3) is 3.27. The van der Waals surface area contributed by atoms with Crippen molar-refractivity contribution in [3.8, 4) is 0 Å². The van der Waals surface area contributed by atoms with Crippen LogP contribution in [0.25, 0.3) is 0 Å². The largest absolute Gasteiger partial charge is 0.334 e. The second kappa shape index (κ2) is 6.20. The van der Waals surface area contributed by atoms with Crippen LogP contribution < -0.4 is 0 Å². The van der Waals surface area contributed by atoms with Crippen LogP contribution in [0.5, 0.6) is 0 Å². The number of halogens is 2. The lowest BCUT2D eigenvalue weighted by Crippen LogP contribution is -2.29. The van der Waals surface area contributed by atoms with Gasteiger partial charge in [-0.05, 0) is 50.4 Å². The fraction of sp³-hybridized carbons (Fsp3) is 0.214. The molecule has 0 radical (unpaired) electrons. The van der Waals surface area contributed by atoms with Crippen molar-refractivity contribution in [2.75, 3.05) is 7.05 Å². The molecule has 0 aliphatic carbocycles. The Hall–Kier alpha value is -0.650. The molecule has 5 heteroatoms. The van der Waals surface area contributed by atoms with Crippen LogP contribution in [0, 0.1) is 0 Å². The lowest BCUT2D eigenvalue weighted by atomic mass is 10.1. The fourth-order valence-corrected chi connectivity index (χ4v) is 3.78. The Morgan fingerprint density at radius 1 is 1.26 bits per heavy atom. The number of nitrogens with zero attached hydrogens (tertiary/aromatic N) is 1. The van der Waals surface area contributed by atoms with Crippen molar-refractivity contribution in [2.24, 2.45) is 0 Å². The van der Waals surface area contributed by atoms with Gasteiger partial charge in [-0.1, -0.05) is 30.3 Å². The molecule has 2 rings (SSSR count). The van der Waals surface area contributed by atoms with E-state index in [0.29, 0.717) is 0 Å². The van der Waals surface area contributed by atoms with E-state index in [0.717, 1.165) is 18.7 Å². The summed E-state index contributed by atoms with van der Waals surface area (Å²) in [7, 11) is 1.83. The maximum Gasteiger partial charge on any atom is 0.264 e. The summed E-state index contributed by atoms with van der Waals surface area (Å²) < 4.78 is 1.86. The molecule has 19 heavy (non-hydrogen) atoms. The van der Waals surface area contributed by atoms with Crippen LogP contribution in [-0.2, 0) is 0 Å². The molecule has 1 amide bonds. The maximum atomic E-state index is 12.4. The summed E-state index contributed by atoms with van der Waals surface area (Å²) >= 11 is 8.27. The number of thiophene rings is 1. The second-order valence-corrected chi connectivity index (χ2v) is 7.46. The molecule has 2 nitrogen and oxygen atoms in total. The molecule has 0 bridgehead atoms. The molecular weight excluding hydrogens is 390 g/mol. The van der Waals surface area contributed by atoms with Crippen LogP contribution in [0.2, 0.25) is 0 Å². The van der Waals surface area contributed by atoms with Crippen LogP contribution >= 0.6 is 43.2 Å². The number of amides is 1. The first-order valence-electron chi connectivity index (χ1n) is 5.77. The first kappa shape index (κ1) is 14.8. The summed E-state index contributed by atoms with van der Waals surface area (Å²) in [6.45, 7) is 2.03. The normalized spacial score (nSPS) is 12.2. The Morgan fingerprint density at radius 3 is 2.42 bits per heavy atom. The highest BCUT2D eigenvalue weighted by molar-refractivity contribution is 9.13. The summed E-state index contributed by atoms with van der Waals surface area (Å²) in [5, 5.41) is 0. The van der Waals surface area contributed by atoms with Gasteiger partial charge in [-0.25, -0.2) is 0 Å². The minimum absolute atomic E-state index is 0.0350. The quantitative estimate of drug-likeness (QED) is 0.698. The summed E-state index contributed by atoms with van der Waals surface area (Å²) in [5.41, 5.74) is 1.13. The Morgan fingerprint density at radius 2 is 1.89 bits per heavy atom. The number of hydrogen-bond acceptors (Lipinski definition) is 2. The molecule has 1 atom stereocenters. The van der Waals surface area contributed by atoms with Crippen LogP contribution in [0.4, 0.5) is 0 Å². The van der Waals surface area contributed by atoms with Gasteiger partial charge in [-0.2, -0.15) is 0 Å². The average Bonchev–Trinajstić information content (AvgIpc) is 2.77. The van der Waals surface area contributed by atoms with Crippen molar-refractivity contribution in [2.45, 2.75) is 13.0 Å². The first-order valence-corrected chi connectivity index (χ1v) is 8.18. The van der Waals surface area contributed by atoms with Crippen LogP contribution in [0.3, 0.4) is 0 Å². The molecule has 0 saturated heterocycles. The molecule has 0 N–H and O–H groups in total. The molecule has 1 heterocycles. The number of hydrogen-bond donors (Lipinski definition) is 0. The predicted octanol–water partition coefficient (Wildman–Crippen LogP) is 5.11. The molecule has 100 valence electrons. The van der Waals surface area contributed by atoms with Crippen LogP contribution in [-0.4, -0.2) is 17.9 Å². The zero-order valence-electron chi connectivity index (χ0n) is 10.6. The molecule has 0 unspecified atom stereocenters. The second-order valence-electron chi connectivity index (χ2n) is 4.24. The van der Waals surface area contributed by atoms with Gasteiger partial charge in [-0.3, -0.25) is 4.79 Å². The molecule has 0 spiro atoms. The van der Waals surface area contributed by atoms with Gasteiger partial charge in [-0.15, -0.1) is 11.3 Å². The highest BCUT2D eigenvalue weighted by Gasteiger charge is 2.21. The van der Waals surface area contributed by atoms with Crippen LogP contribution in [0.1, 0.15) is 28.2 Å². The summed E-state index contributed by atoms with van der Waals surface area (Å²) in [6.07, 6.45) is 0. The molecule has 0 aliphatic heterocycles. The molecule has 0 fully saturated rings. The van der Waals surface area contributed by atoms with E-state index in [4.69, 9.17) is 0 Å². The highest BCUT2D eigenvalue weighted by Crippen LogP contribution is 2.33. The number of carbonyl (C=O) groups is 1. The van der Waals surface area contributed by atoms with Gasteiger partial charge in [0.05, 0.1) is 14.7 Å². The van der Waals surface area contributed by atoms with E-state index in [2.05, 4.69) is 31.9 Å². The van der Waals surface area contributed by atoms with Crippen molar-refractivity contribution in [1.29, 1.82) is 0 Å². The first-order chi connectivity index (χ1) is 9.00. The molecule has 2 aromatic rings. The Bertz CT molecular complexity index is 563. The van der Waals surface area contributed by atoms with Crippen molar-refractivity contribution in [3.05, 3.63) is 55.1 Å². The van der Waals surface area contributed by atoms with E-state index in [1.807, 2.05) is 50.4 Å².